The number of carbonyl (C=O) groups excluding carboxylic acids is 2. The number of ketones is 1. The number of hydrogen-bond acceptors (Lipinski definition) is 3. The van der Waals surface area contributed by atoms with Gasteiger partial charge >= 0.3 is 5.97 Å². The van der Waals surface area contributed by atoms with Crippen LogP contribution in [0, 0.1) is 0 Å². The third-order valence-electron chi connectivity index (χ3n) is 3.95. The van der Waals surface area contributed by atoms with E-state index in [0.717, 1.165) is 10.8 Å². The van der Waals surface area contributed by atoms with Gasteiger partial charge in [-0.3, -0.25) is 9.59 Å². The molecule has 3 nitrogen and oxygen atoms in total. The molecule has 3 heteroatoms. The Morgan fingerprint density at radius 3 is 2.25 bits per heavy atom. The van der Waals surface area contributed by atoms with E-state index < -0.39 is 11.9 Å². The molecule has 0 saturated carbocycles. The Morgan fingerprint density at radius 1 is 0.875 bits per heavy atom. The number of benzene rings is 3. The van der Waals surface area contributed by atoms with Crippen molar-refractivity contribution in [3.8, 4) is 0 Å². The van der Waals surface area contributed by atoms with Crippen LogP contribution in [0.3, 0.4) is 0 Å². The molecule has 0 heterocycles. The zero-order chi connectivity index (χ0) is 16.9. The Labute approximate surface area is 140 Å². The van der Waals surface area contributed by atoms with E-state index in [4.69, 9.17) is 4.74 Å². The molecule has 24 heavy (non-hydrogen) atoms. The highest BCUT2D eigenvalue weighted by atomic mass is 16.5. The summed E-state index contributed by atoms with van der Waals surface area (Å²) in [5.74, 6) is -1.71. The monoisotopic (exact) mass is 318 g/mol. The van der Waals surface area contributed by atoms with E-state index in [1.165, 1.54) is 0 Å². The fourth-order valence-electron chi connectivity index (χ4n) is 2.78. The number of ether oxygens (including phenoxy) is 1. The first-order valence-electron chi connectivity index (χ1n) is 7.95. The fraction of sp³-hybridized carbons (Fsp3) is 0.143. The van der Waals surface area contributed by atoms with Crippen LogP contribution in [0.2, 0.25) is 0 Å². The largest absolute Gasteiger partial charge is 0.465 e. The second kappa shape index (κ2) is 7.09. The number of fused-ring (bicyclic) bond motifs is 1. The molecule has 0 bridgehead atoms. The lowest BCUT2D eigenvalue weighted by molar-refractivity contribution is -0.143. The predicted molar refractivity (Wildman–Crippen MR) is 94.1 cm³/mol. The Balaban J connectivity index is 2.06. The minimum absolute atomic E-state index is 0.241. The van der Waals surface area contributed by atoms with Gasteiger partial charge < -0.3 is 4.74 Å². The van der Waals surface area contributed by atoms with Crippen molar-refractivity contribution >= 4 is 22.5 Å². The topological polar surface area (TPSA) is 43.4 Å². The average molecular weight is 318 g/mol. The normalized spacial score (nSPS) is 11.9. The van der Waals surface area contributed by atoms with Crippen LogP contribution < -0.4 is 0 Å². The van der Waals surface area contributed by atoms with Crippen molar-refractivity contribution in [2.24, 2.45) is 0 Å². The van der Waals surface area contributed by atoms with Crippen LogP contribution in [0.4, 0.5) is 0 Å². The van der Waals surface area contributed by atoms with E-state index in [1.54, 1.807) is 31.2 Å². The van der Waals surface area contributed by atoms with Crippen molar-refractivity contribution < 1.29 is 14.3 Å². The molecule has 3 aromatic carbocycles. The van der Waals surface area contributed by atoms with Crippen LogP contribution in [0.25, 0.3) is 10.8 Å². The lowest BCUT2D eigenvalue weighted by Gasteiger charge is -2.16. The molecule has 3 rings (SSSR count). The van der Waals surface area contributed by atoms with Gasteiger partial charge in [0.2, 0.25) is 0 Å². The first-order chi connectivity index (χ1) is 11.7. The van der Waals surface area contributed by atoms with Crippen molar-refractivity contribution in [2.45, 2.75) is 12.8 Å². The van der Waals surface area contributed by atoms with E-state index in [-0.39, 0.29) is 12.4 Å². The number of hydrogen-bond donors (Lipinski definition) is 0. The van der Waals surface area contributed by atoms with E-state index in [2.05, 4.69) is 0 Å². The van der Waals surface area contributed by atoms with E-state index >= 15 is 0 Å². The van der Waals surface area contributed by atoms with Crippen LogP contribution in [0.1, 0.15) is 28.8 Å². The quantitative estimate of drug-likeness (QED) is 0.398. The van der Waals surface area contributed by atoms with Crippen LogP contribution in [-0.4, -0.2) is 18.4 Å². The zero-order valence-corrected chi connectivity index (χ0v) is 13.4. The van der Waals surface area contributed by atoms with Gasteiger partial charge in [-0.15, -0.1) is 0 Å². The summed E-state index contributed by atoms with van der Waals surface area (Å²) in [5, 5.41) is 2.06. The molecule has 0 aliphatic carbocycles. The molecule has 0 aliphatic heterocycles. The second-order valence-electron chi connectivity index (χ2n) is 5.52. The summed E-state index contributed by atoms with van der Waals surface area (Å²) in [6.07, 6.45) is 0. The van der Waals surface area contributed by atoms with E-state index in [0.29, 0.717) is 11.1 Å². The number of rotatable bonds is 5. The first kappa shape index (κ1) is 15.9. The summed E-state index contributed by atoms with van der Waals surface area (Å²) in [6, 6.07) is 22.3. The number of esters is 1. The third kappa shape index (κ3) is 3.20. The molecule has 0 spiro atoms. The maximum Gasteiger partial charge on any atom is 0.321 e. The van der Waals surface area contributed by atoms with Gasteiger partial charge in [-0.25, -0.2) is 0 Å². The molecule has 1 unspecified atom stereocenters. The summed E-state index contributed by atoms with van der Waals surface area (Å²) in [4.78, 5) is 25.3. The first-order valence-corrected chi connectivity index (χ1v) is 7.95. The number of carbonyl (C=O) groups is 2. The standard InChI is InChI=1S/C21H18O3/c1-2-24-21(23)19(20(22)16-9-4-3-5-10-16)18-13-12-15-8-6-7-11-17(15)14-18/h3-14,19H,2H2,1H3. The summed E-state index contributed by atoms with van der Waals surface area (Å²) < 4.78 is 5.15. The highest BCUT2D eigenvalue weighted by molar-refractivity contribution is 6.13. The molecular formula is C21H18O3. The Kier molecular flexibility index (Phi) is 4.71. The van der Waals surface area contributed by atoms with E-state index in [1.807, 2.05) is 48.5 Å². The molecule has 0 aliphatic rings. The van der Waals surface area contributed by atoms with Gasteiger partial charge in [0.05, 0.1) is 6.61 Å². The molecule has 1 atom stereocenters. The highest BCUT2D eigenvalue weighted by Crippen LogP contribution is 2.26. The SMILES string of the molecule is CCOC(=O)C(C(=O)c1ccccc1)c1ccc2ccccc2c1. The minimum atomic E-state index is -0.947. The van der Waals surface area contributed by atoms with Crippen molar-refractivity contribution in [1.29, 1.82) is 0 Å². The average Bonchev–Trinajstić information content (AvgIpc) is 2.63. The smallest absolute Gasteiger partial charge is 0.321 e. The van der Waals surface area contributed by atoms with Gasteiger partial charge in [0.25, 0.3) is 0 Å². The van der Waals surface area contributed by atoms with Gasteiger partial charge in [0.1, 0.15) is 5.92 Å². The van der Waals surface area contributed by atoms with Crippen molar-refractivity contribution in [3.05, 3.63) is 83.9 Å². The maximum absolute atomic E-state index is 12.9. The summed E-state index contributed by atoms with van der Waals surface area (Å²) in [5.41, 5.74) is 1.16. The van der Waals surface area contributed by atoms with Crippen molar-refractivity contribution in [2.75, 3.05) is 6.61 Å². The third-order valence-corrected chi connectivity index (χ3v) is 3.95. The summed E-state index contributed by atoms with van der Waals surface area (Å²) >= 11 is 0. The van der Waals surface area contributed by atoms with Gasteiger partial charge in [-0.05, 0) is 29.3 Å². The predicted octanol–water partition coefficient (Wildman–Crippen LogP) is 4.37. The lowest BCUT2D eigenvalue weighted by Crippen LogP contribution is -2.24. The second-order valence-corrected chi connectivity index (χ2v) is 5.52. The van der Waals surface area contributed by atoms with Crippen LogP contribution in [0.5, 0.6) is 0 Å². The van der Waals surface area contributed by atoms with Gasteiger partial charge in [-0.2, -0.15) is 0 Å². The molecule has 120 valence electrons. The van der Waals surface area contributed by atoms with E-state index in [9.17, 15) is 9.59 Å². The molecule has 0 fully saturated rings. The molecule has 0 radical (unpaired) electrons. The Hall–Kier alpha value is -2.94. The molecule has 0 amide bonds. The van der Waals surface area contributed by atoms with Crippen LogP contribution in [-0.2, 0) is 9.53 Å². The zero-order valence-electron chi connectivity index (χ0n) is 13.4. The Morgan fingerprint density at radius 2 is 1.54 bits per heavy atom. The molecule has 0 saturated heterocycles. The minimum Gasteiger partial charge on any atom is -0.465 e. The molecule has 0 N–H and O–H groups in total. The van der Waals surface area contributed by atoms with Crippen molar-refractivity contribution in [3.63, 3.8) is 0 Å². The highest BCUT2D eigenvalue weighted by Gasteiger charge is 2.30. The summed E-state index contributed by atoms with van der Waals surface area (Å²) in [7, 11) is 0. The molecule has 0 aromatic heterocycles. The van der Waals surface area contributed by atoms with Crippen LogP contribution >= 0.6 is 0 Å². The van der Waals surface area contributed by atoms with Gasteiger partial charge in [0.15, 0.2) is 5.78 Å². The maximum atomic E-state index is 12.9. The lowest BCUT2D eigenvalue weighted by atomic mass is 9.89. The Bertz CT molecular complexity index is 868. The van der Waals surface area contributed by atoms with Crippen LogP contribution in [0.15, 0.2) is 72.8 Å². The molecule has 3 aromatic rings. The fourth-order valence-corrected chi connectivity index (χ4v) is 2.78. The van der Waals surface area contributed by atoms with Gasteiger partial charge in [0, 0.05) is 5.56 Å². The van der Waals surface area contributed by atoms with Crippen molar-refractivity contribution in [1.82, 2.24) is 0 Å². The molecular weight excluding hydrogens is 300 g/mol. The number of Topliss-reactive ketones (excluding diaryl/α,β-unsaturated/α-hetero) is 1. The van der Waals surface area contributed by atoms with Gasteiger partial charge in [-0.1, -0.05) is 66.7 Å². The summed E-state index contributed by atoms with van der Waals surface area (Å²) in [6.45, 7) is 1.98.